The van der Waals surface area contributed by atoms with Gasteiger partial charge in [-0.1, -0.05) is 42.2 Å². The molecular weight excluding hydrogens is 573 g/mol. The number of nitrogens with zero attached hydrogens (tertiary/aromatic N) is 4. The number of carbonyl (C=O) groups excluding carboxylic acids is 3. The molecule has 1 aromatic heterocycles. The Balaban J connectivity index is 1.07. The van der Waals surface area contributed by atoms with E-state index < -0.39 is 0 Å². The second-order valence-electron chi connectivity index (χ2n) is 8.90. The summed E-state index contributed by atoms with van der Waals surface area (Å²) in [6.07, 6.45) is 4.60. The Hall–Kier alpha value is -2.93. The van der Waals surface area contributed by atoms with Gasteiger partial charge in [-0.15, -0.1) is 11.3 Å². The van der Waals surface area contributed by atoms with E-state index in [4.69, 9.17) is 17.0 Å². The van der Waals surface area contributed by atoms with Crippen LogP contribution in [0.15, 0.2) is 56.6 Å². The topological polar surface area (TPSA) is 82.5 Å². The maximum atomic E-state index is 12.8. The minimum atomic E-state index is -0.245. The number of ether oxygens (including phenoxy) is 1. The van der Waals surface area contributed by atoms with Crippen molar-refractivity contribution in [2.24, 2.45) is 4.99 Å². The fourth-order valence-electron chi connectivity index (χ4n) is 4.27. The molecule has 2 aromatic rings. The fraction of sp³-hybridized carbons (Fsp3) is 0.296. The third-order valence-corrected chi connectivity index (χ3v) is 9.63. The minimum absolute atomic E-state index is 0.0615. The number of thiocarbonyl (C=S) groups is 1. The second-order valence-corrected chi connectivity index (χ2v) is 12.6. The van der Waals surface area contributed by atoms with Gasteiger partial charge in [0.2, 0.25) is 5.91 Å². The van der Waals surface area contributed by atoms with Gasteiger partial charge < -0.3 is 14.5 Å². The van der Waals surface area contributed by atoms with E-state index in [0.717, 1.165) is 16.2 Å². The van der Waals surface area contributed by atoms with Crippen molar-refractivity contribution in [1.82, 2.24) is 14.7 Å². The third-order valence-electron chi connectivity index (χ3n) is 6.39. The van der Waals surface area contributed by atoms with Crippen LogP contribution in [0.5, 0.6) is 5.75 Å². The van der Waals surface area contributed by atoms with Gasteiger partial charge in [0.25, 0.3) is 11.8 Å². The molecule has 0 spiro atoms. The molecule has 0 N–H and O–H groups in total. The molecule has 8 nitrogen and oxygen atoms in total. The van der Waals surface area contributed by atoms with Crippen molar-refractivity contribution in [3.8, 4) is 5.75 Å². The molecule has 3 amide bonds. The Morgan fingerprint density at radius 2 is 1.82 bits per heavy atom. The number of methoxy groups -OCH3 is 1. The number of thioether (sulfide) groups is 2. The van der Waals surface area contributed by atoms with E-state index in [-0.39, 0.29) is 17.7 Å². The Labute approximate surface area is 244 Å². The van der Waals surface area contributed by atoms with Crippen LogP contribution in [0.1, 0.15) is 23.3 Å². The van der Waals surface area contributed by atoms with Crippen molar-refractivity contribution in [1.29, 1.82) is 0 Å². The first-order valence-electron chi connectivity index (χ1n) is 12.4. The number of piperazine rings is 1. The molecule has 0 radical (unpaired) electrons. The van der Waals surface area contributed by atoms with Crippen LogP contribution in [-0.2, 0) is 14.4 Å². The smallest absolute Gasteiger partial charge is 0.286 e. The zero-order chi connectivity index (χ0) is 27.4. The molecule has 0 saturated carbocycles. The summed E-state index contributed by atoms with van der Waals surface area (Å²) in [5, 5.41) is 2.65. The highest BCUT2D eigenvalue weighted by Crippen LogP contribution is 2.34. The van der Waals surface area contributed by atoms with E-state index in [1.807, 2.05) is 58.8 Å². The number of benzene rings is 1. The summed E-state index contributed by atoms with van der Waals surface area (Å²) in [5.41, 5.74) is 0.906. The summed E-state index contributed by atoms with van der Waals surface area (Å²) in [7, 11) is 1.61. The molecule has 3 aliphatic heterocycles. The lowest BCUT2D eigenvalue weighted by Gasteiger charge is -2.35. The number of hydrogen-bond acceptors (Lipinski definition) is 9. The predicted molar refractivity (Wildman–Crippen MR) is 163 cm³/mol. The molecule has 0 atom stereocenters. The molecule has 202 valence electrons. The van der Waals surface area contributed by atoms with Crippen LogP contribution in [0.3, 0.4) is 0 Å². The summed E-state index contributed by atoms with van der Waals surface area (Å²) in [6.45, 7) is 2.78. The van der Waals surface area contributed by atoms with Gasteiger partial charge in [0, 0.05) is 44.0 Å². The van der Waals surface area contributed by atoms with E-state index in [9.17, 15) is 14.4 Å². The molecule has 5 rings (SSSR count). The summed E-state index contributed by atoms with van der Waals surface area (Å²) in [4.78, 5) is 50.0. The second kappa shape index (κ2) is 12.5. The number of amidine groups is 1. The van der Waals surface area contributed by atoms with Crippen molar-refractivity contribution in [2.75, 3.05) is 39.8 Å². The van der Waals surface area contributed by atoms with Gasteiger partial charge in [0.15, 0.2) is 5.17 Å². The third kappa shape index (κ3) is 6.63. The molecule has 2 fully saturated rings. The van der Waals surface area contributed by atoms with Crippen LogP contribution in [-0.4, -0.2) is 81.7 Å². The number of hydrogen-bond donors (Lipinski definition) is 0. The summed E-state index contributed by atoms with van der Waals surface area (Å²) < 4.78 is 5.72. The lowest BCUT2D eigenvalue weighted by molar-refractivity contribution is -0.133. The standard InChI is InChI=1S/C27H26N4O4S4/c1-35-19-8-6-18(7-9-19)16-21-24(33)28-26(38-21)30-13-11-29(12-14-30)23(32)5-2-10-31-25(34)22(39-27(31)36)17-20-4-3-15-37-20/h3-4,6-9,15-17H,2,5,10-14H2,1H3/b21-16+,22-17+. The van der Waals surface area contributed by atoms with Crippen LogP contribution < -0.4 is 4.74 Å². The lowest BCUT2D eigenvalue weighted by Crippen LogP contribution is -2.49. The molecule has 3 aliphatic rings. The van der Waals surface area contributed by atoms with Gasteiger partial charge in [0.05, 0.1) is 16.9 Å². The van der Waals surface area contributed by atoms with Crippen LogP contribution in [0.4, 0.5) is 0 Å². The van der Waals surface area contributed by atoms with Crippen molar-refractivity contribution < 1.29 is 19.1 Å². The zero-order valence-corrected chi connectivity index (χ0v) is 24.5. The van der Waals surface area contributed by atoms with Gasteiger partial charge in [-0.25, -0.2) is 0 Å². The average molecular weight is 599 g/mol. The highest BCUT2D eigenvalue weighted by Gasteiger charge is 2.33. The first-order valence-corrected chi connectivity index (χ1v) is 15.3. The summed E-state index contributed by atoms with van der Waals surface area (Å²) in [5.74, 6) is 0.482. The zero-order valence-electron chi connectivity index (χ0n) is 21.2. The van der Waals surface area contributed by atoms with Crippen LogP contribution >= 0.6 is 47.1 Å². The molecule has 39 heavy (non-hydrogen) atoms. The predicted octanol–water partition coefficient (Wildman–Crippen LogP) is 4.55. The normalized spacial score (nSPS) is 20.0. The molecule has 1 aromatic carbocycles. The fourth-order valence-corrected chi connectivity index (χ4v) is 7.27. The summed E-state index contributed by atoms with van der Waals surface area (Å²) >= 11 is 9.65. The average Bonchev–Trinajstić information content (AvgIpc) is 3.66. The Bertz CT molecular complexity index is 1360. The summed E-state index contributed by atoms with van der Waals surface area (Å²) in [6, 6.07) is 11.4. The Kier molecular flexibility index (Phi) is 8.85. The Morgan fingerprint density at radius 3 is 2.51 bits per heavy atom. The van der Waals surface area contributed by atoms with E-state index in [1.165, 1.54) is 23.5 Å². The van der Waals surface area contributed by atoms with E-state index in [2.05, 4.69) is 9.89 Å². The number of thiophene rings is 1. The number of amides is 3. The van der Waals surface area contributed by atoms with Crippen LogP contribution in [0.25, 0.3) is 12.2 Å². The van der Waals surface area contributed by atoms with Gasteiger partial charge in [-0.05, 0) is 59.5 Å². The quantitative estimate of drug-likeness (QED) is 0.339. The molecule has 0 aliphatic carbocycles. The van der Waals surface area contributed by atoms with Gasteiger partial charge in [0.1, 0.15) is 10.1 Å². The Morgan fingerprint density at radius 1 is 1.05 bits per heavy atom. The maximum absolute atomic E-state index is 12.8. The first-order chi connectivity index (χ1) is 18.9. The lowest BCUT2D eigenvalue weighted by atomic mass is 10.2. The molecule has 4 heterocycles. The van der Waals surface area contributed by atoms with E-state index in [1.54, 1.807) is 23.3 Å². The van der Waals surface area contributed by atoms with E-state index >= 15 is 0 Å². The number of rotatable bonds is 7. The molecule has 0 bridgehead atoms. The molecule has 2 saturated heterocycles. The van der Waals surface area contributed by atoms with Gasteiger partial charge in [-0.3, -0.25) is 19.3 Å². The SMILES string of the molecule is COc1ccc(/C=C2/SC(N3CCN(C(=O)CCCN4C(=O)/C(=C\c5cccs5)SC4=S)CC3)=NC2=O)cc1. The maximum Gasteiger partial charge on any atom is 0.286 e. The van der Waals surface area contributed by atoms with Crippen molar-refractivity contribution in [2.45, 2.75) is 12.8 Å². The highest BCUT2D eigenvalue weighted by atomic mass is 32.2. The van der Waals surface area contributed by atoms with Crippen molar-refractivity contribution >= 4 is 86.4 Å². The van der Waals surface area contributed by atoms with E-state index in [0.29, 0.717) is 64.9 Å². The molecular formula is C27H26N4O4S4. The molecule has 0 unspecified atom stereocenters. The van der Waals surface area contributed by atoms with Crippen LogP contribution in [0, 0.1) is 0 Å². The van der Waals surface area contributed by atoms with Crippen molar-refractivity contribution in [3.63, 3.8) is 0 Å². The highest BCUT2D eigenvalue weighted by molar-refractivity contribution is 8.26. The minimum Gasteiger partial charge on any atom is -0.497 e. The van der Waals surface area contributed by atoms with Crippen molar-refractivity contribution in [3.05, 3.63) is 62.0 Å². The number of aliphatic imine (C=N–C) groups is 1. The first kappa shape index (κ1) is 27.6. The van der Waals surface area contributed by atoms with Gasteiger partial charge in [-0.2, -0.15) is 4.99 Å². The number of carbonyl (C=O) groups is 3. The molecule has 12 heteroatoms. The van der Waals surface area contributed by atoms with Crippen LogP contribution in [0.2, 0.25) is 0 Å². The largest absolute Gasteiger partial charge is 0.497 e. The van der Waals surface area contributed by atoms with Gasteiger partial charge >= 0.3 is 0 Å². The monoisotopic (exact) mass is 598 g/mol.